The molecule has 0 saturated heterocycles. The standard InChI is InChI=1S/3C16H18FN.C15H15Cl2N.C15H15ClFN.C15H16FN/c1-12-4-2-5-13(10-12)16(8-9-18)14-6-3-7-15(17)11-14;1-12-5-2-3-8-15(12)16(9-10-18)13-6-4-7-14(17)11-13;1-12-5-7-13(8-6-12)16(9-10-18)14-3-2-4-15(17)11-14;2*16-13-5-1-3-11(9-13)15(7-8-18)12-4-2-6-14(17)10-12;16-14-8-4-7-13(11-14)15(9-10-17)12-5-2-1-3-6-12/h2-7,10-11,16H,8-9,18H2,1H3;2*2-8,11,16H,9-10,18H2,1H3;2*1-6,9-10,15H,7-8,18H2;1-8,11,15H,9-10,17H2. The molecule has 12 aromatic rings. The van der Waals surface area contributed by atoms with Crippen LogP contribution in [0.3, 0.4) is 0 Å². The topological polar surface area (TPSA) is 156 Å². The Balaban J connectivity index is 0.000000179. The van der Waals surface area contributed by atoms with Crippen molar-refractivity contribution in [2.24, 2.45) is 34.4 Å². The maximum atomic E-state index is 13.4. The molecular formula is C93H100Cl3F5N6. The van der Waals surface area contributed by atoms with Crippen LogP contribution in [0.15, 0.2) is 297 Å². The summed E-state index contributed by atoms with van der Waals surface area (Å²) in [5.41, 5.74) is 50.9. The third kappa shape index (κ3) is 28.2. The Labute approximate surface area is 646 Å². The summed E-state index contributed by atoms with van der Waals surface area (Å²) < 4.78 is 66.6. The fourth-order valence-corrected chi connectivity index (χ4v) is 13.9. The van der Waals surface area contributed by atoms with E-state index in [1.54, 1.807) is 60.7 Å². The first-order chi connectivity index (χ1) is 51.8. The average molecular weight is 1500 g/mol. The summed E-state index contributed by atoms with van der Waals surface area (Å²) in [6.07, 6.45) is 4.95. The first-order valence-corrected chi connectivity index (χ1v) is 37.5. The SMILES string of the molecule is Cc1ccc(C(CCN)c2cccc(F)c2)cc1.Cc1cccc(C(CCN)c2cccc(F)c2)c1.Cc1ccccc1C(CCN)c1cccc(F)c1.NCCC(c1cccc(Cl)c1)c1cccc(Cl)c1.NCCC(c1cccc(F)c1)c1cccc(Cl)c1.NCCC(c1ccccc1)c1cccc(F)c1. The van der Waals surface area contributed by atoms with Gasteiger partial charge in [-0.3, -0.25) is 0 Å². The van der Waals surface area contributed by atoms with E-state index in [1.807, 2.05) is 127 Å². The summed E-state index contributed by atoms with van der Waals surface area (Å²) in [4.78, 5) is 0. The van der Waals surface area contributed by atoms with Crippen LogP contribution in [-0.4, -0.2) is 39.3 Å². The van der Waals surface area contributed by atoms with Crippen LogP contribution in [0.5, 0.6) is 0 Å². The van der Waals surface area contributed by atoms with E-state index >= 15 is 0 Å². The van der Waals surface area contributed by atoms with Gasteiger partial charge in [-0.15, -0.1) is 0 Å². The van der Waals surface area contributed by atoms with Crippen LogP contribution in [0.2, 0.25) is 15.1 Å². The summed E-state index contributed by atoms with van der Waals surface area (Å²) in [6.45, 7) is 9.75. The molecule has 5 unspecified atom stereocenters. The highest BCUT2D eigenvalue weighted by Gasteiger charge is 2.20. The van der Waals surface area contributed by atoms with E-state index in [9.17, 15) is 22.0 Å². The van der Waals surface area contributed by atoms with Crippen LogP contribution in [0.1, 0.15) is 157 Å². The normalized spacial score (nSPS) is 12.1. The number of hydrogen-bond acceptors (Lipinski definition) is 6. The fraction of sp³-hybridized carbons (Fsp3) is 0.226. The Hall–Kier alpha value is -9.08. The first-order valence-electron chi connectivity index (χ1n) is 36.3. The maximum Gasteiger partial charge on any atom is 0.123 e. The second-order valence-corrected chi connectivity index (χ2v) is 27.6. The van der Waals surface area contributed by atoms with E-state index in [1.165, 1.54) is 80.4 Å². The van der Waals surface area contributed by atoms with Crippen molar-refractivity contribution in [3.8, 4) is 0 Å². The van der Waals surface area contributed by atoms with Crippen LogP contribution in [0.25, 0.3) is 0 Å². The van der Waals surface area contributed by atoms with Crippen molar-refractivity contribution in [2.45, 2.75) is 94.8 Å². The zero-order valence-corrected chi connectivity index (χ0v) is 63.5. The number of halogens is 8. The molecule has 14 heteroatoms. The van der Waals surface area contributed by atoms with Crippen molar-refractivity contribution in [1.82, 2.24) is 0 Å². The number of benzene rings is 12. The van der Waals surface area contributed by atoms with E-state index in [-0.39, 0.29) is 64.6 Å². The predicted octanol–water partition coefficient (Wildman–Crippen LogP) is 22.6. The van der Waals surface area contributed by atoms with Crippen molar-refractivity contribution in [1.29, 1.82) is 0 Å². The Kier molecular flexibility index (Phi) is 36.8. The van der Waals surface area contributed by atoms with Gasteiger partial charge in [0, 0.05) is 50.6 Å². The lowest BCUT2D eigenvalue weighted by Crippen LogP contribution is -2.10. The summed E-state index contributed by atoms with van der Waals surface area (Å²) in [5.74, 6) is 0.0291. The lowest BCUT2D eigenvalue weighted by Gasteiger charge is -2.19. The lowest BCUT2D eigenvalue weighted by molar-refractivity contribution is 0.620. The van der Waals surface area contributed by atoms with Crippen LogP contribution in [-0.2, 0) is 0 Å². The molecule has 0 amide bonds. The van der Waals surface area contributed by atoms with Crippen LogP contribution in [0, 0.1) is 49.9 Å². The Morgan fingerprint density at radius 1 is 0.224 bits per heavy atom. The molecule has 558 valence electrons. The van der Waals surface area contributed by atoms with E-state index in [4.69, 9.17) is 69.2 Å². The molecule has 0 spiro atoms. The first kappa shape index (κ1) is 85.2. The van der Waals surface area contributed by atoms with Gasteiger partial charge in [0.25, 0.3) is 0 Å². The van der Waals surface area contributed by atoms with Gasteiger partial charge < -0.3 is 34.4 Å². The van der Waals surface area contributed by atoms with Gasteiger partial charge in [-0.05, 0) is 268 Å². The molecule has 0 aliphatic carbocycles. The molecule has 5 atom stereocenters. The van der Waals surface area contributed by atoms with E-state index in [0.717, 1.165) is 82.0 Å². The van der Waals surface area contributed by atoms with Crippen LogP contribution in [0.4, 0.5) is 22.0 Å². The summed E-state index contributed by atoms with van der Waals surface area (Å²) in [6, 6.07) is 92.2. The molecular weight excluding hydrogens is 1400 g/mol. The minimum Gasteiger partial charge on any atom is -0.330 e. The van der Waals surface area contributed by atoms with Crippen molar-refractivity contribution >= 4 is 34.8 Å². The summed E-state index contributed by atoms with van der Waals surface area (Å²) in [5, 5.41) is 2.18. The monoisotopic (exact) mass is 1500 g/mol. The highest BCUT2D eigenvalue weighted by atomic mass is 35.5. The molecule has 0 aromatic heterocycles. The molecule has 12 N–H and O–H groups in total. The third-order valence-corrected chi connectivity index (χ3v) is 19.1. The van der Waals surface area contributed by atoms with E-state index in [0.29, 0.717) is 44.3 Å². The van der Waals surface area contributed by atoms with Gasteiger partial charge in [0.1, 0.15) is 29.1 Å². The van der Waals surface area contributed by atoms with Gasteiger partial charge in [0.15, 0.2) is 0 Å². The van der Waals surface area contributed by atoms with Crippen molar-refractivity contribution in [3.63, 3.8) is 0 Å². The Morgan fingerprint density at radius 2 is 0.467 bits per heavy atom. The molecule has 0 radical (unpaired) electrons. The molecule has 12 rings (SSSR count). The smallest absolute Gasteiger partial charge is 0.123 e. The van der Waals surface area contributed by atoms with Gasteiger partial charge in [-0.25, -0.2) is 22.0 Å². The van der Waals surface area contributed by atoms with Gasteiger partial charge in [0.2, 0.25) is 0 Å². The molecule has 12 aromatic carbocycles. The predicted molar refractivity (Wildman–Crippen MR) is 439 cm³/mol. The highest BCUT2D eigenvalue weighted by molar-refractivity contribution is 6.31. The van der Waals surface area contributed by atoms with E-state index in [2.05, 4.69) is 99.6 Å². The zero-order chi connectivity index (χ0) is 76.9. The quantitative estimate of drug-likeness (QED) is 0.0331. The second-order valence-electron chi connectivity index (χ2n) is 26.3. The van der Waals surface area contributed by atoms with E-state index < -0.39 is 0 Å². The van der Waals surface area contributed by atoms with Crippen LogP contribution < -0.4 is 34.4 Å². The third-order valence-electron chi connectivity index (χ3n) is 18.4. The van der Waals surface area contributed by atoms with Gasteiger partial charge in [0.05, 0.1) is 0 Å². The van der Waals surface area contributed by atoms with Crippen molar-refractivity contribution in [3.05, 3.63) is 425 Å². The number of nitrogens with two attached hydrogens (primary N) is 6. The van der Waals surface area contributed by atoms with Crippen molar-refractivity contribution in [2.75, 3.05) is 39.3 Å². The second kappa shape index (κ2) is 46.2. The lowest BCUT2D eigenvalue weighted by atomic mass is 9.86. The summed E-state index contributed by atoms with van der Waals surface area (Å²) >= 11 is 18.1. The maximum absolute atomic E-state index is 13.4. The molecule has 0 bridgehead atoms. The van der Waals surface area contributed by atoms with Gasteiger partial charge in [-0.1, -0.05) is 246 Å². The molecule has 0 heterocycles. The minimum absolute atomic E-state index is 0.0874. The average Bonchev–Trinajstić information content (AvgIpc) is 0.840. The minimum atomic E-state index is -0.225. The molecule has 0 fully saturated rings. The number of aryl methyl sites for hydroxylation is 3. The van der Waals surface area contributed by atoms with Gasteiger partial charge in [-0.2, -0.15) is 0 Å². The highest BCUT2D eigenvalue weighted by Crippen LogP contribution is 2.35. The molecule has 6 nitrogen and oxygen atoms in total. The molecule has 0 aliphatic rings. The Bertz CT molecular complexity index is 4200. The zero-order valence-electron chi connectivity index (χ0n) is 61.2. The molecule has 0 saturated carbocycles. The Morgan fingerprint density at radius 3 is 0.766 bits per heavy atom. The van der Waals surface area contributed by atoms with Crippen LogP contribution >= 0.6 is 34.8 Å². The fourth-order valence-electron chi connectivity index (χ4n) is 13.3. The largest absolute Gasteiger partial charge is 0.330 e. The van der Waals surface area contributed by atoms with Crippen molar-refractivity contribution < 1.29 is 22.0 Å². The molecule has 107 heavy (non-hydrogen) atoms. The van der Waals surface area contributed by atoms with Gasteiger partial charge >= 0.3 is 0 Å². The molecule has 0 aliphatic heterocycles. The number of rotatable bonds is 24. The number of hydrogen-bond donors (Lipinski definition) is 6. The summed E-state index contributed by atoms with van der Waals surface area (Å²) in [7, 11) is 0.